The van der Waals surface area contributed by atoms with Gasteiger partial charge in [0.1, 0.15) is 5.56 Å². The number of nitro groups is 1. The maximum absolute atomic E-state index is 11.2. The molecule has 21 heavy (non-hydrogen) atoms. The molecule has 1 aromatic carbocycles. The van der Waals surface area contributed by atoms with Crippen molar-refractivity contribution in [1.29, 1.82) is 0 Å². The molecule has 0 bridgehead atoms. The fraction of sp³-hybridized carbons (Fsp3) is 0.0769. The number of nitrogens with zero attached hydrogens (tertiary/aromatic N) is 2. The average Bonchev–Trinajstić information content (AvgIpc) is 2.42. The second-order valence-electron chi connectivity index (χ2n) is 4.09. The lowest BCUT2D eigenvalue weighted by atomic mass is 10.2. The van der Waals surface area contributed by atoms with Crippen LogP contribution < -0.4 is 4.74 Å². The van der Waals surface area contributed by atoms with Crippen molar-refractivity contribution in [3.8, 4) is 11.6 Å². The fourth-order valence-corrected chi connectivity index (χ4v) is 2.00. The van der Waals surface area contributed by atoms with Gasteiger partial charge in [0, 0.05) is 16.7 Å². The summed E-state index contributed by atoms with van der Waals surface area (Å²) >= 11 is 3.11. The highest BCUT2D eigenvalue weighted by atomic mass is 79.9. The van der Waals surface area contributed by atoms with Crippen LogP contribution in [0.3, 0.4) is 0 Å². The number of carboxylic acid groups (broad SMARTS) is 1. The van der Waals surface area contributed by atoms with E-state index >= 15 is 0 Å². The minimum atomic E-state index is -1.24. The number of aromatic nitrogens is 1. The normalized spacial score (nSPS) is 10.2. The smallest absolute Gasteiger partial charge is 0.341 e. The molecular weight excluding hydrogens is 344 g/mol. The molecule has 7 nitrogen and oxygen atoms in total. The number of halogens is 1. The molecule has 108 valence electrons. The molecule has 0 aliphatic heterocycles. The molecule has 0 saturated heterocycles. The summed E-state index contributed by atoms with van der Waals surface area (Å²) < 4.78 is 5.86. The molecule has 0 saturated carbocycles. The van der Waals surface area contributed by atoms with Crippen LogP contribution in [0, 0.1) is 17.0 Å². The molecule has 2 aromatic rings. The molecule has 0 aliphatic rings. The SMILES string of the molecule is Cc1cccc([N+](=O)[O-])c1Oc1ncc(Br)cc1C(=O)O. The van der Waals surface area contributed by atoms with Gasteiger partial charge in [-0.3, -0.25) is 10.1 Å². The van der Waals surface area contributed by atoms with Crippen LogP contribution in [-0.4, -0.2) is 21.0 Å². The van der Waals surface area contributed by atoms with E-state index in [-0.39, 0.29) is 22.9 Å². The monoisotopic (exact) mass is 352 g/mol. The number of nitro benzene ring substituents is 1. The van der Waals surface area contributed by atoms with Gasteiger partial charge in [0.15, 0.2) is 0 Å². The van der Waals surface area contributed by atoms with Crippen molar-refractivity contribution >= 4 is 27.6 Å². The summed E-state index contributed by atoms with van der Waals surface area (Å²) in [5.41, 5.74) is 0.0586. The van der Waals surface area contributed by atoms with E-state index in [1.807, 2.05) is 0 Å². The molecule has 2 rings (SSSR count). The number of hydrogen-bond donors (Lipinski definition) is 1. The summed E-state index contributed by atoms with van der Waals surface area (Å²) in [5, 5.41) is 20.2. The largest absolute Gasteiger partial charge is 0.477 e. The van der Waals surface area contributed by atoms with Gasteiger partial charge >= 0.3 is 11.7 Å². The van der Waals surface area contributed by atoms with E-state index in [0.29, 0.717) is 10.0 Å². The third-order valence-corrected chi connectivity index (χ3v) is 3.07. The van der Waals surface area contributed by atoms with Crippen LogP contribution in [0.25, 0.3) is 0 Å². The van der Waals surface area contributed by atoms with Crippen LogP contribution >= 0.6 is 15.9 Å². The molecule has 0 unspecified atom stereocenters. The molecule has 1 N–H and O–H groups in total. The molecule has 0 atom stereocenters. The molecular formula is C13H9BrN2O5. The van der Waals surface area contributed by atoms with E-state index in [0.717, 1.165) is 0 Å². The van der Waals surface area contributed by atoms with Crippen molar-refractivity contribution in [2.75, 3.05) is 0 Å². The number of carboxylic acids is 1. The third-order valence-electron chi connectivity index (χ3n) is 2.63. The average molecular weight is 353 g/mol. The van der Waals surface area contributed by atoms with Gasteiger partial charge in [-0.2, -0.15) is 0 Å². The first-order valence-electron chi connectivity index (χ1n) is 5.71. The van der Waals surface area contributed by atoms with Crippen LogP contribution in [0.15, 0.2) is 34.9 Å². The molecule has 0 spiro atoms. The number of rotatable bonds is 4. The predicted octanol–water partition coefficient (Wildman–Crippen LogP) is 3.55. The Bertz CT molecular complexity index is 732. The number of carbonyl (C=O) groups is 1. The first kappa shape index (κ1) is 14.9. The molecule has 1 heterocycles. The van der Waals surface area contributed by atoms with Crippen LogP contribution in [0.2, 0.25) is 0 Å². The second-order valence-corrected chi connectivity index (χ2v) is 5.01. The minimum absolute atomic E-state index is 0.0279. The first-order chi connectivity index (χ1) is 9.90. The highest BCUT2D eigenvalue weighted by Gasteiger charge is 2.21. The number of pyridine rings is 1. The summed E-state index contributed by atoms with van der Waals surface area (Å²) in [6, 6.07) is 5.74. The zero-order chi connectivity index (χ0) is 15.6. The summed E-state index contributed by atoms with van der Waals surface area (Å²) in [5.74, 6) is -1.47. The van der Waals surface area contributed by atoms with Crippen molar-refractivity contribution in [2.45, 2.75) is 6.92 Å². The zero-order valence-corrected chi connectivity index (χ0v) is 12.3. The molecule has 0 radical (unpaired) electrons. The van der Waals surface area contributed by atoms with Crippen molar-refractivity contribution in [2.24, 2.45) is 0 Å². The number of benzene rings is 1. The second kappa shape index (κ2) is 5.88. The Morgan fingerprint density at radius 2 is 2.19 bits per heavy atom. The summed E-state index contributed by atoms with van der Waals surface area (Å²) in [6.45, 7) is 1.63. The molecule has 8 heteroatoms. The van der Waals surface area contributed by atoms with Gasteiger partial charge in [-0.05, 0) is 34.5 Å². The maximum atomic E-state index is 11.2. The Morgan fingerprint density at radius 3 is 2.81 bits per heavy atom. The van der Waals surface area contributed by atoms with Crippen molar-refractivity contribution in [3.05, 3.63) is 56.2 Å². The number of para-hydroxylation sites is 1. The third kappa shape index (κ3) is 3.16. The van der Waals surface area contributed by atoms with E-state index in [2.05, 4.69) is 20.9 Å². The Morgan fingerprint density at radius 1 is 1.48 bits per heavy atom. The Balaban J connectivity index is 2.53. The Hall–Kier alpha value is -2.48. The van der Waals surface area contributed by atoms with E-state index < -0.39 is 10.9 Å². The van der Waals surface area contributed by atoms with Crippen LogP contribution in [0.4, 0.5) is 5.69 Å². The molecule has 1 aromatic heterocycles. The number of aromatic carboxylic acids is 1. The summed E-state index contributed by atoms with van der Waals surface area (Å²) in [6.07, 6.45) is 1.35. The van der Waals surface area contributed by atoms with E-state index in [4.69, 9.17) is 9.84 Å². The zero-order valence-electron chi connectivity index (χ0n) is 10.7. The van der Waals surface area contributed by atoms with Gasteiger partial charge in [-0.25, -0.2) is 9.78 Å². The van der Waals surface area contributed by atoms with E-state index in [1.54, 1.807) is 13.0 Å². The van der Waals surface area contributed by atoms with Gasteiger partial charge in [-0.1, -0.05) is 12.1 Å². The van der Waals surface area contributed by atoms with Crippen molar-refractivity contribution < 1.29 is 19.6 Å². The quantitative estimate of drug-likeness (QED) is 0.666. The van der Waals surface area contributed by atoms with Gasteiger partial charge in [-0.15, -0.1) is 0 Å². The van der Waals surface area contributed by atoms with Crippen LogP contribution in [-0.2, 0) is 0 Å². The predicted molar refractivity (Wildman–Crippen MR) is 76.8 cm³/mol. The number of ether oxygens (including phenoxy) is 1. The number of hydrogen-bond acceptors (Lipinski definition) is 5. The van der Waals surface area contributed by atoms with E-state index in [1.165, 1.54) is 24.4 Å². The number of aryl methyl sites for hydroxylation is 1. The highest BCUT2D eigenvalue weighted by molar-refractivity contribution is 9.10. The standard InChI is InChI=1S/C13H9BrN2O5/c1-7-3-2-4-10(16(19)20)11(7)21-12-9(13(17)18)5-8(14)6-15-12/h2-6H,1H3,(H,17,18). The van der Waals surface area contributed by atoms with Gasteiger partial charge in [0.2, 0.25) is 11.6 Å². The maximum Gasteiger partial charge on any atom is 0.341 e. The summed E-state index contributed by atoms with van der Waals surface area (Å²) in [4.78, 5) is 25.5. The topological polar surface area (TPSA) is 103 Å². The molecule has 0 amide bonds. The molecule has 0 aliphatic carbocycles. The summed E-state index contributed by atoms with van der Waals surface area (Å²) in [7, 11) is 0. The minimum Gasteiger partial charge on any atom is -0.477 e. The van der Waals surface area contributed by atoms with Crippen LogP contribution in [0.1, 0.15) is 15.9 Å². The highest BCUT2D eigenvalue weighted by Crippen LogP contribution is 2.35. The van der Waals surface area contributed by atoms with Crippen LogP contribution in [0.5, 0.6) is 11.6 Å². The fourth-order valence-electron chi connectivity index (χ4n) is 1.67. The first-order valence-corrected chi connectivity index (χ1v) is 6.50. The van der Waals surface area contributed by atoms with Gasteiger partial charge < -0.3 is 9.84 Å². The van der Waals surface area contributed by atoms with Crippen molar-refractivity contribution in [3.63, 3.8) is 0 Å². The lowest BCUT2D eigenvalue weighted by molar-refractivity contribution is -0.385. The van der Waals surface area contributed by atoms with Crippen molar-refractivity contribution in [1.82, 2.24) is 4.98 Å². The van der Waals surface area contributed by atoms with Gasteiger partial charge in [0.25, 0.3) is 0 Å². The molecule has 0 fully saturated rings. The lowest BCUT2D eigenvalue weighted by Gasteiger charge is -2.10. The van der Waals surface area contributed by atoms with E-state index in [9.17, 15) is 14.9 Å². The Kier molecular flexibility index (Phi) is 4.18. The Labute approximate surface area is 127 Å². The van der Waals surface area contributed by atoms with Gasteiger partial charge in [0.05, 0.1) is 4.92 Å². The lowest BCUT2D eigenvalue weighted by Crippen LogP contribution is -2.04.